The van der Waals surface area contributed by atoms with Crippen LogP contribution >= 0.6 is 0 Å². The summed E-state index contributed by atoms with van der Waals surface area (Å²) in [4.78, 5) is 1.40. The van der Waals surface area contributed by atoms with Crippen molar-refractivity contribution in [3.05, 3.63) is 11.8 Å². The minimum absolute atomic E-state index is 0.126. The van der Waals surface area contributed by atoms with Crippen LogP contribution in [0.4, 0.5) is 4.39 Å². The molecule has 0 aromatic heterocycles. The van der Waals surface area contributed by atoms with Crippen LogP contribution < -0.4 is 5.32 Å². The lowest BCUT2D eigenvalue weighted by Crippen LogP contribution is -2.37. The monoisotopic (exact) mass is 160 g/mol. The van der Waals surface area contributed by atoms with Gasteiger partial charge in [0, 0.05) is 0 Å². The van der Waals surface area contributed by atoms with Crippen molar-refractivity contribution in [1.29, 1.82) is 0 Å². The number of nitrogens with zero attached hydrogens (tertiary/aromatic N) is 1. The van der Waals surface area contributed by atoms with Crippen LogP contribution in [0.25, 0.3) is 0 Å². The number of hydrogen-bond acceptors (Lipinski definition) is 4. The number of hydrogen-bond donors (Lipinski definition) is 3. The van der Waals surface area contributed by atoms with Crippen LogP contribution in [0, 0.1) is 0 Å². The highest BCUT2D eigenvalue weighted by Crippen LogP contribution is 2.25. The summed E-state index contributed by atoms with van der Waals surface area (Å²) in [5, 5.41) is 20.7. The zero-order chi connectivity index (χ0) is 8.01. The molecule has 62 valence electrons. The van der Waals surface area contributed by atoms with Crippen LogP contribution in [-0.4, -0.2) is 40.4 Å². The summed E-state index contributed by atoms with van der Waals surface area (Å²) in [6, 6.07) is 0. The van der Waals surface area contributed by atoms with Crippen molar-refractivity contribution in [2.75, 3.05) is 6.54 Å². The predicted molar refractivity (Wildman–Crippen MR) is 34.8 cm³/mol. The first-order chi connectivity index (χ1) is 5.18. The minimum Gasteiger partial charge on any atom is -0.373 e. The Balaban J connectivity index is 2.23. The van der Waals surface area contributed by atoms with Gasteiger partial charge in [0.25, 0.3) is 0 Å². The maximum absolute atomic E-state index is 12.6. The van der Waals surface area contributed by atoms with E-state index in [9.17, 15) is 4.39 Å². The summed E-state index contributed by atoms with van der Waals surface area (Å²) >= 11 is 0. The first-order valence-corrected chi connectivity index (χ1v) is 3.43. The maximum atomic E-state index is 12.6. The smallest absolute Gasteiger partial charge is 0.186 e. The standard InChI is InChI=1S/C6H9FN2O2/c7-3-1-4-5(10)8-6(11)9(4)2-3/h1,3,5-6,8,10-11H,2H2/t3-,5-,6-/m0/s1. The van der Waals surface area contributed by atoms with Gasteiger partial charge in [0.2, 0.25) is 0 Å². The highest BCUT2D eigenvalue weighted by Gasteiger charge is 2.38. The Kier molecular flexibility index (Phi) is 1.38. The second-order valence-corrected chi connectivity index (χ2v) is 2.70. The number of nitrogens with one attached hydrogen (secondary N) is 1. The molecule has 2 aliphatic rings. The fourth-order valence-corrected chi connectivity index (χ4v) is 1.43. The third-order valence-electron chi connectivity index (χ3n) is 1.94. The summed E-state index contributed by atoms with van der Waals surface area (Å²) < 4.78 is 12.6. The van der Waals surface area contributed by atoms with Crippen molar-refractivity contribution in [2.45, 2.75) is 18.8 Å². The molecule has 2 rings (SSSR count). The van der Waals surface area contributed by atoms with Gasteiger partial charge in [-0.05, 0) is 6.08 Å². The van der Waals surface area contributed by atoms with Gasteiger partial charge in [-0.1, -0.05) is 0 Å². The molecule has 0 radical (unpaired) electrons. The number of rotatable bonds is 0. The Labute approximate surface area is 62.9 Å². The van der Waals surface area contributed by atoms with Gasteiger partial charge in [-0.15, -0.1) is 0 Å². The third kappa shape index (κ3) is 0.926. The number of alkyl halides is 1. The Hall–Kier alpha value is -0.650. The third-order valence-corrected chi connectivity index (χ3v) is 1.94. The zero-order valence-electron chi connectivity index (χ0n) is 5.74. The van der Waals surface area contributed by atoms with Gasteiger partial charge in [-0.2, -0.15) is 0 Å². The topological polar surface area (TPSA) is 55.7 Å². The van der Waals surface area contributed by atoms with Gasteiger partial charge in [0.05, 0.1) is 12.2 Å². The molecule has 0 bridgehead atoms. The lowest BCUT2D eigenvalue weighted by molar-refractivity contribution is 0.0222. The van der Waals surface area contributed by atoms with Crippen molar-refractivity contribution in [3.8, 4) is 0 Å². The molecule has 0 aromatic rings. The number of aliphatic hydroxyl groups excluding tert-OH is 2. The predicted octanol–water partition coefficient (Wildman–Crippen LogP) is -1.28. The largest absolute Gasteiger partial charge is 0.373 e. The van der Waals surface area contributed by atoms with E-state index in [1.807, 2.05) is 0 Å². The quantitative estimate of drug-likeness (QED) is 0.413. The first kappa shape index (κ1) is 7.02. The normalized spacial score (nSPS) is 42.6. The molecule has 0 unspecified atom stereocenters. The molecule has 5 heteroatoms. The molecule has 2 heterocycles. The van der Waals surface area contributed by atoms with E-state index < -0.39 is 18.8 Å². The first-order valence-electron chi connectivity index (χ1n) is 3.43. The van der Waals surface area contributed by atoms with Crippen LogP contribution in [-0.2, 0) is 0 Å². The Morgan fingerprint density at radius 3 is 3.00 bits per heavy atom. The van der Waals surface area contributed by atoms with E-state index >= 15 is 0 Å². The van der Waals surface area contributed by atoms with Crippen molar-refractivity contribution in [3.63, 3.8) is 0 Å². The van der Waals surface area contributed by atoms with E-state index in [2.05, 4.69) is 5.32 Å². The number of fused-ring (bicyclic) bond motifs is 1. The molecule has 0 amide bonds. The molecule has 11 heavy (non-hydrogen) atoms. The lowest BCUT2D eigenvalue weighted by atomic mass is 10.3. The van der Waals surface area contributed by atoms with Crippen molar-refractivity contribution < 1.29 is 14.6 Å². The van der Waals surface area contributed by atoms with Crippen LogP contribution in [0.2, 0.25) is 0 Å². The summed E-state index contributed by atoms with van der Waals surface area (Å²) in [6.45, 7) is 0.126. The molecule has 1 saturated heterocycles. The van der Waals surface area contributed by atoms with E-state index in [4.69, 9.17) is 10.2 Å². The second-order valence-electron chi connectivity index (χ2n) is 2.70. The van der Waals surface area contributed by atoms with Crippen molar-refractivity contribution in [2.24, 2.45) is 0 Å². The van der Waals surface area contributed by atoms with E-state index in [1.165, 1.54) is 11.0 Å². The fourth-order valence-electron chi connectivity index (χ4n) is 1.43. The van der Waals surface area contributed by atoms with Gasteiger partial charge in [0.1, 0.15) is 12.4 Å². The molecule has 0 aromatic carbocycles. The molecule has 0 aliphatic carbocycles. The van der Waals surface area contributed by atoms with E-state index in [1.54, 1.807) is 0 Å². The Morgan fingerprint density at radius 2 is 2.36 bits per heavy atom. The number of halogens is 1. The van der Waals surface area contributed by atoms with Crippen LogP contribution in [0.3, 0.4) is 0 Å². The minimum atomic E-state index is -1.07. The average Bonchev–Trinajstić information content (AvgIpc) is 2.38. The molecular weight excluding hydrogens is 151 g/mol. The summed E-state index contributed by atoms with van der Waals surface area (Å²) in [6.07, 6.45) is -1.63. The van der Waals surface area contributed by atoms with E-state index in [0.29, 0.717) is 5.70 Å². The highest BCUT2D eigenvalue weighted by atomic mass is 19.1. The van der Waals surface area contributed by atoms with Crippen molar-refractivity contribution in [1.82, 2.24) is 10.2 Å². The van der Waals surface area contributed by atoms with Crippen LogP contribution in [0.5, 0.6) is 0 Å². The Bertz CT molecular complexity index is 209. The molecule has 2 aliphatic heterocycles. The van der Waals surface area contributed by atoms with Gasteiger partial charge in [0.15, 0.2) is 6.35 Å². The van der Waals surface area contributed by atoms with Crippen LogP contribution in [0.1, 0.15) is 0 Å². The molecular formula is C6H9FN2O2. The number of aliphatic hydroxyl groups is 2. The van der Waals surface area contributed by atoms with Gasteiger partial charge >= 0.3 is 0 Å². The molecule has 3 N–H and O–H groups in total. The SMILES string of the molecule is O[C@@H]1N[C@H](O)N2C[C@@H](F)C=C12. The summed E-state index contributed by atoms with van der Waals surface area (Å²) in [5.41, 5.74) is 0.435. The molecule has 0 saturated carbocycles. The van der Waals surface area contributed by atoms with Crippen molar-refractivity contribution >= 4 is 0 Å². The molecule has 4 nitrogen and oxygen atoms in total. The summed E-state index contributed by atoms with van der Waals surface area (Å²) in [5.74, 6) is 0. The fraction of sp³-hybridized carbons (Fsp3) is 0.667. The van der Waals surface area contributed by atoms with Gasteiger partial charge < -0.3 is 15.1 Å². The average molecular weight is 160 g/mol. The van der Waals surface area contributed by atoms with Gasteiger partial charge in [-0.25, -0.2) is 9.71 Å². The zero-order valence-corrected chi connectivity index (χ0v) is 5.74. The van der Waals surface area contributed by atoms with Gasteiger partial charge in [-0.3, -0.25) is 0 Å². The van der Waals surface area contributed by atoms with E-state index in [0.717, 1.165) is 0 Å². The lowest BCUT2D eigenvalue weighted by Gasteiger charge is -2.17. The Morgan fingerprint density at radius 1 is 1.64 bits per heavy atom. The highest BCUT2D eigenvalue weighted by molar-refractivity contribution is 5.19. The maximum Gasteiger partial charge on any atom is 0.186 e. The second kappa shape index (κ2) is 2.17. The molecule has 0 spiro atoms. The van der Waals surface area contributed by atoms with Crippen LogP contribution in [0.15, 0.2) is 11.8 Å². The molecule has 3 atom stereocenters. The van der Waals surface area contributed by atoms with E-state index in [-0.39, 0.29) is 6.54 Å². The summed E-state index contributed by atoms with van der Waals surface area (Å²) in [7, 11) is 0. The molecule has 1 fully saturated rings.